The van der Waals surface area contributed by atoms with Gasteiger partial charge in [0.2, 0.25) is 5.89 Å². The Morgan fingerprint density at radius 1 is 0.880 bits per heavy atom. The van der Waals surface area contributed by atoms with E-state index in [1.165, 1.54) is 26.4 Å². The fourth-order valence-electron chi connectivity index (χ4n) is 2.39. The molecule has 0 aliphatic carbocycles. The van der Waals surface area contributed by atoms with Crippen LogP contribution in [0.3, 0.4) is 0 Å². The summed E-state index contributed by atoms with van der Waals surface area (Å²) >= 11 is 0. The summed E-state index contributed by atoms with van der Waals surface area (Å²) in [5.41, 5.74) is 1.65. The zero-order valence-corrected chi connectivity index (χ0v) is 13.7. The van der Waals surface area contributed by atoms with Crippen LogP contribution in [0.1, 0.15) is 20.7 Å². The van der Waals surface area contributed by atoms with Gasteiger partial charge in [0.15, 0.2) is 5.76 Å². The predicted octanol–water partition coefficient (Wildman–Crippen LogP) is 3.58. The van der Waals surface area contributed by atoms with Gasteiger partial charge in [-0.1, -0.05) is 30.3 Å². The number of ether oxygens (including phenoxy) is 2. The van der Waals surface area contributed by atoms with Gasteiger partial charge in [0.25, 0.3) is 0 Å². The second kappa shape index (κ2) is 7.00. The molecule has 6 nitrogen and oxygen atoms in total. The summed E-state index contributed by atoms with van der Waals surface area (Å²) in [6.45, 7) is 0. The van der Waals surface area contributed by atoms with Gasteiger partial charge in [-0.3, -0.25) is 0 Å². The zero-order valence-electron chi connectivity index (χ0n) is 13.7. The van der Waals surface area contributed by atoms with Crippen LogP contribution in [0.25, 0.3) is 22.8 Å². The summed E-state index contributed by atoms with van der Waals surface area (Å²) in [5, 5.41) is 0. The molecular weight excluding hydrogens is 322 g/mol. The van der Waals surface area contributed by atoms with Gasteiger partial charge in [0, 0.05) is 11.1 Å². The van der Waals surface area contributed by atoms with E-state index in [0.29, 0.717) is 17.2 Å². The molecule has 0 radical (unpaired) electrons. The second-order valence-corrected chi connectivity index (χ2v) is 5.14. The maximum Gasteiger partial charge on any atom is 0.338 e. The molecule has 0 unspecified atom stereocenters. The average molecular weight is 337 g/mol. The van der Waals surface area contributed by atoms with E-state index in [-0.39, 0.29) is 11.1 Å². The van der Waals surface area contributed by atoms with Crippen LogP contribution >= 0.6 is 0 Å². The lowest BCUT2D eigenvalue weighted by Gasteiger charge is -2.07. The summed E-state index contributed by atoms with van der Waals surface area (Å²) in [4.78, 5) is 28.1. The standard InChI is InChI=1S/C19H15NO5/c1-23-18(21)14-9-8-13(10-15(14)19(22)24-2)17-20-11-16(25-17)12-6-4-3-5-7-12/h3-11H,1-2H3. The summed E-state index contributed by atoms with van der Waals surface area (Å²) < 4.78 is 15.2. The fourth-order valence-corrected chi connectivity index (χ4v) is 2.39. The van der Waals surface area contributed by atoms with Crippen LogP contribution in [0.5, 0.6) is 0 Å². The normalized spacial score (nSPS) is 10.3. The number of carbonyl (C=O) groups excluding carboxylic acids is 2. The number of aromatic nitrogens is 1. The van der Waals surface area contributed by atoms with E-state index < -0.39 is 11.9 Å². The maximum absolute atomic E-state index is 12.0. The molecule has 0 aliphatic rings. The molecule has 1 heterocycles. The Morgan fingerprint density at radius 2 is 1.56 bits per heavy atom. The zero-order chi connectivity index (χ0) is 17.8. The number of methoxy groups -OCH3 is 2. The van der Waals surface area contributed by atoms with Crippen molar-refractivity contribution in [2.45, 2.75) is 0 Å². The molecular formula is C19H15NO5. The number of esters is 2. The third-order valence-electron chi connectivity index (χ3n) is 3.64. The van der Waals surface area contributed by atoms with E-state index in [1.807, 2.05) is 30.3 Å². The topological polar surface area (TPSA) is 78.6 Å². The first kappa shape index (κ1) is 16.4. The highest BCUT2D eigenvalue weighted by Gasteiger charge is 2.20. The average Bonchev–Trinajstić information content (AvgIpc) is 3.17. The Labute approximate surface area is 144 Å². The highest BCUT2D eigenvalue weighted by atomic mass is 16.5. The minimum absolute atomic E-state index is 0.0892. The van der Waals surface area contributed by atoms with Crippen molar-refractivity contribution in [1.29, 1.82) is 0 Å². The number of oxazole rings is 1. The molecule has 0 aliphatic heterocycles. The van der Waals surface area contributed by atoms with Gasteiger partial charge < -0.3 is 13.9 Å². The SMILES string of the molecule is COC(=O)c1ccc(-c2ncc(-c3ccccc3)o2)cc1C(=O)OC. The van der Waals surface area contributed by atoms with Crippen molar-refractivity contribution in [2.75, 3.05) is 14.2 Å². The Morgan fingerprint density at radius 3 is 2.24 bits per heavy atom. The Balaban J connectivity index is 2.02. The molecule has 0 saturated heterocycles. The molecule has 3 rings (SSSR count). The Bertz CT molecular complexity index is 915. The van der Waals surface area contributed by atoms with Crippen LogP contribution in [-0.2, 0) is 9.47 Å². The molecule has 0 saturated carbocycles. The summed E-state index contributed by atoms with van der Waals surface area (Å²) in [6.07, 6.45) is 1.61. The van der Waals surface area contributed by atoms with Crippen LogP contribution in [0.4, 0.5) is 0 Å². The number of carbonyl (C=O) groups is 2. The van der Waals surface area contributed by atoms with Crippen molar-refractivity contribution >= 4 is 11.9 Å². The highest BCUT2D eigenvalue weighted by Crippen LogP contribution is 2.27. The number of nitrogens with zero attached hydrogens (tertiary/aromatic N) is 1. The molecule has 0 amide bonds. The Hall–Kier alpha value is -3.41. The molecule has 6 heteroatoms. The summed E-state index contributed by atoms with van der Waals surface area (Å²) in [7, 11) is 2.49. The first-order valence-electron chi connectivity index (χ1n) is 7.46. The fraction of sp³-hybridized carbons (Fsp3) is 0.105. The largest absolute Gasteiger partial charge is 0.465 e. The lowest BCUT2D eigenvalue weighted by molar-refractivity contribution is 0.0555. The van der Waals surface area contributed by atoms with Gasteiger partial charge in [-0.25, -0.2) is 14.6 Å². The quantitative estimate of drug-likeness (QED) is 0.677. The van der Waals surface area contributed by atoms with E-state index in [0.717, 1.165) is 5.56 Å². The van der Waals surface area contributed by atoms with Crippen molar-refractivity contribution in [1.82, 2.24) is 4.98 Å². The Kier molecular flexibility index (Phi) is 4.61. The lowest BCUT2D eigenvalue weighted by atomic mass is 10.0. The van der Waals surface area contributed by atoms with Crippen LogP contribution < -0.4 is 0 Å². The summed E-state index contributed by atoms with van der Waals surface area (Å²) in [6, 6.07) is 14.2. The van der Waals surface area contributed by atoms with Gasteiger partial charge in [0.05, 0.1) is 31.5 Å². The molecule has 0 atom stereocenters. The molecule has 0 spiro atoms. The van der Waals surface area contributed by atoms with E-state index in [4.69, 9.17) is 13.9 Å². The van der Waals surface area contributed by atoms with Crippen molar-refractivity contribution in [3.63, 3.8) is 0 Å². The number of hydrogen-bond donors (Lipinski definition) is 0. The molecule has 0 N–H and O–H groups in total. The van der Waals surface area contributed by atoms with Gasteiger partial charge in [-0.15, -0.1) is 0 Å². The number of rotatable bonds is 4. The van der Waals surface area contributed by atoms with Crippen molar-refractivity contribution in [2.24, 2.45) is 0 Å². The van der Waals surface area contributed by atoms with E-state index >= 15 is 0 Å². The minimum Gasteiger partial charge on any atom is -0.465 e. The van der Waals surface area contributed by atoms with Crippen LogP contribution in [-0.4, -0.2) is 31.1 Å². The third-order valence-corrected chi connectivity index (χ3v) is 3.64. The van der Waals surface area contributed by atoms with E-state index in [9.17, 15) is 9.59 Å². The van der Waals surface area contributed by atoms with E-state index in [2.05, 4.69) is 4.98 Å². The first-order chi connectivity index (χ1) is 12.1. The number of hydrogen-bond acceptors (Lipinski definition) is 6. The third kappa shape index (κ3) is 3.28. The van der Waals surface area contributed by atoms with Crippen LogP contribution in [0, 0.1) is 0 Å². The van der Waals surface area contributed by atoms with Gasteiger partial charge in [-0.05, 0) is 18.2 Å². The molecule has 0 bridgehead atoms. The highest BCUT2D eigenvalue weighted by molar-refractivity contribution is 6.03. The van der Waals surface area contributed by atoms with Gasteiger partial charge in [-0.2, -0.15) is 0 Å². The van der Waals surface area contributed by atoms with Crippen molar-refractivity contribution in [3.8, 4) is 22.8 Å². The van der Waals surface area contributed by atoms with Gasteiger partial charge >= 0.3 is 11.9 Å². The van der Waals surface area contributed by atoms with Crippen molar-refractivity contribution < 1.29 is 23.5 Å². The predicted molar refractivity (Wildman–Crippen MR) is 90.1 cm³/mol. The molecule has 126 valence electrons. The maximum atomic E-state index is 12.0. The molecule has 2 aromatic carbocycles. The second-order valence-electron chi connectivity index (χ2n) is 5.14. The summed E-state index contributed by atoms with van der Waals surface area (Å²) in [5.74, 6) is -0.325. The molecule has 3 aromatic rings. The minimum atomic E-state index is -0.642. The van der Waals surface area contributed by atoms with E-state index in [1.54, 1.807) is 12.3 Å². The lowest BCUT2D eigenvalue weighted by Crippen LogP contribution is -2.11. The smallest absolute Gasteiger partial charge is 0.338 e. The van der Waals surface area contributed by atoms with Gasteiger partial charge in [0.1, 0.15) is 0 Å². The molecule has 1 aromatic heterocycles. The van der Waals surface area contributed by atoms with Crippen molar-refractivity contribution in [3.05, 3.63) is 65.9 Å². The monoisotopic (exact) mass is 337 g/mol. The molecule has 25 heavy (non-hydrogen) atoms. The number of benzene rings is 2. The molecule has 0 fully saturated rings. The van der Waals surface area contributed by atoms with Crippen LogP contribution in [0.15, 0.2) is 59.1 Å². The first-order valence-corrected chi connectivity index (χ1v) is 7.46. The van der Waals surface area contributed by atoms with Crippen LogP contribution in [0.2, 0.25) is 0 Å².